The third kappa shape index (κ3) is 2.94. The van der Waals surface area contributed by atoms with Gasteiger partial charge in [-0.2, -0.15) is 0 Å². The second-order valence-corrected chi connectivity index (χ2v) is 5.81. The zero-order chi connectivity index (χ0) is 13.9. The summed E-state index contributed by atoms with van der Waals surface area (Å²) in [6, 6.07) is 17.6. The molecule has 0 aliphatic carbocycles. The van der Waals surface area contributed by atoms with Crippen molar-refractivity contribution in [2.45, 2.75) is 18.4 Å². The van der Waals surface area contributed by atoms with Crippen LogP contribution in [-0.2, 0) is 4.74 Å². The van der Waals surface area contributed by atoms with E-state index in [0.717, 1.165) is 15.6 Å². The molecule has 2 N–H and O–H groups in total. The van der Waals surface area contributed by atoms with Crippen molar-refractivity contribution in [3.63, 3.8) is 0 Å². The van der Waals surface area contributed by atoms with Crippen LogP contribution in [0, 0.1) is 0 Å². The molecule has 2 aromatic rings. The molecule has 1 heterocycles. The Hall–Kier alpha value is -1.20. The number of hydrogen-bond donors (Lipinski definition) is 2. The van der Waals surface area contributed by atoms with Gasteiger partial charge in [-0.3, -0.25) is 5.32 Å². The Balaban J connectivity index is 1.71. The van der Waals surface area contributed by atoms with E-state index in [9.17, 15) is 5.11 Å². The number of nitrogens with one attached hydrogen (secondary N) is 1. The third-order valence-corrected chi connectivity index (χ3v) is 3.97. The first-order chi connectivity index (χ1) is 9.74. The van der Waals surface area contributed by atoms with Crippen molar-refractivity contribution in [1.29, 1.82) is 0 Å². The van der Waals surface area contributed by atoms with E-state index in [1.807, 2.05) is 54.6 Å². The van der Waals surface area contributed by atoms with Crippen molar-refractivity contribution in [3.8, 4) is 0 Å². The summed E-state index contributed by atoms with van der Waals surface area (Å²) < 4.78 is 6.78. The van der Waals surface area contributed by atoms with Crippen LogP contribution in [0.4, 0.5) is 0 Å². The van der Waals surface area contributed by atoms with Gasteiger partial charge in [0, 0.05) is 4.47 Å². The molecule has 0 bridgehead atoms. The van der Waals surface area contributed by atoms with Crippen LogP contribution in [0.5, 0.6) is 0 Å². The SMILES string of the molecule is OC(c1ccccc1)[C@@H]1CO[C@H](c2cccc(Br)c2)N1. The summed E-state index contributed by atoms with van der Waals surface area (Å²) in [5, 5.41) is 13.7. The van der Waals surface area contributed by atoms with Gasteiger partial charge in [0.05, 0.1) is 18.8 Å². The maximum absolute atomic E-state index is 10.4. The molecule has 0 amide bonds. The molecule has 1 aliphatic heterocycles. The lowest BCUT2D eigenvalue weighted by Gasteiger charge is -2.18. The second-order valence-electron chi connectivity index (χ2n) is 4.90. The van der Waals surface area contributed by atoms with Crippen LogP contribution in [-0.4, -0.2) is 17.8 Å². The molecule has 1 fully saturated rings. The molecule has 2 aromatic carbocycles. The van der Waals surface area contributed by atoms with Gasteiger partial charge in [0.15, 0.2) is 0 Å². The second kappa shape index (κ2) is 6.06. The van der Waals surface area contributed by atoms with Crippen molar-refractivity contribution < 1.29 is 9.84 Å². The summed E-state index contributed by atoms with van der Waals surface area (Å²) >= 11 is 3.46. The largest absolute Gasteiger partial charge is 0.387 e. The highest BCUT2D eigenvalue weighted by atomic mass is 79.9. The lowest BCUT2D eigenvalue weighted by atomic mass is 10.0. The predicted octanol–water partition coefficient (Wildman–Crippen LogP) is 3.17. The number of benzene rings is 2. The van der Waals surface area contributed by atoms with Crippen LogP contribution in [0.2, 0.25) is 0 Å². The van der Waals surface area contributed by atoms with Gasteiger partial charge in [-0.1, -0.05) is 58.4 Å². The fraction of sp³-hybridized carbons (Fsp3) is 0.250. The molecule has 1 saturated heterocycles. The molecule has 104 valence electrons. The van der Waals surface area contributed by atoms with Crippen molar-refractivity contribution in [3.05, 3.63) is 70.2 Å². The molecule has 0 aromatic heterocycles. The van der Waals surface area contributed by atoms with Gasteiger partial charge in [0.25, 0.3) is 0 Å². The minimum Gasteiger partial charge on any atom is -0.387 e. The molecule has 1 unspecified atom stereocenters. The van der Waals surface area contributed by atoms with Crippen molar-refractivity contribution >= 4 is 15.9 Å². The van der Waals surface area contributed by atoms with Gasteiger partial charge in [0.1, 0.15) is 6.23 Å². The standard InChI is InChI=1S/C16H16BrNO2/c17-13-8-4-7-12(9-13)16-18-14(10-20-16)15(19)11-5-2-1-3-6-11/h1-9,14-16,18-19H,10H2/t14-,15?,16+/m0/s1. The van der Waals surface area contributed by atoms with Gasteiger partial charge < -0.3 is 9.84 Å². The number of ether oxygens (including phenoxy) is 1. The monoisotopic (exact) mass is 333 g/mol. The van der Waals surface area contributed by atoms with E-state index in [2.05, 4.69) is 21.2 Å². The number of aliphatic hydroxyl groups excluding tert-OH is 1. The van der Waals surface area contributed by atoms with Gasteiger partial charge in [-0.25, -0.2) is 0 Å². The average Bonchev–Trinajstić information content (AvgIpc) is 2.97. The normalized spacial score (nSPS) is 23.7. The third-order valence-electron chi connectivity index (χ3n) is 3.48. The zero-order valence-electron chi connectivity index (χ0n) is 10.9. The Labute approximate surface area is 126 Å². The van der Waals surface area contributed by atoms with E-state index in [0.29, 0.717) is 6.61 Å². The lowest BCUT2D eigenvalue weighted by molar-refractivity contribution is 0.0921. The quantitative estimate of drug-likeness (QED) is 0.906. The maximum Gasteiger partial charge on any atom is 0.134 e. The average molecular weight is 334 g/mol. The fourth-order valence-electron chi connectivity index (χ4n) is 2.42. The number of halogens is 1. The minimum atomic E-state index is -0.562. The molecule has 4 heteroatoms. The van der Waals surface area contributed by atoms with Crippen LogP contribution in [0.3, 0.4) is 0 Å². The van der Waals surface area contributed by atoms with Crippen LogP contribution in [0.1, 0.15) is 23.5 Å². The lowest BCUT2D eigenvalue weighted by Crippen LogP contribution is -2.32. The van der Waals surface area contributed by atoms with Crippen LogP contribution in [0.15, 0.2) is 59.1 Å². The molecule has 20 heavy (non-hydrogen) atoms. The number of hydrogen-bond acceptors (Lipinski definition) is 3. The van der Waals surface area contributed by atoms with E-state index >= 15 is 0 Å². The summed E-state index contributed by atoms with van der Waals surface area (Å²) in [5.41, 5.74) is 1.96. The highest BCUT2D eigenvalue weighted by Gasteiger charge is 2.31. The van der Waals surface area contributed by atoms with E-state index in [4.69, 9.17) is 4.74 Å². The molecule has 1 aliphatic rings. The maximum atomic E-state index is 10.4. The predicted molar refractivity (Wildman–Crippen MR) is 81.2 cm³/mol. The summed E-state index contributed by atoms with van der Waals surface area (Å²) in [4.78, 5) is 0. The topological polar surface area (TPSA) is 41.5 Å². The first kappa shape index (κ1) is 13.8. The highest BCUT2D eigenvalue weighted by molar-refractivity contribution is 9.10. The smallest absolute Gasteiger partial charge is 0.134 e. The van der Waals surface area contributed by atoms with Crippen LogP contribution in [0.25, 0.3) is 0 Å². The minimum absolute atomic E-state index is 0.0959. The molecule has 3 atom stereocenters. The summed E-state index contributed by atoms with van der Waals surface area (Å²) in [5.74, 6) is 0. The van der Waals surface area contributed by atoms with E-state index < -0.39 is 6.10 Å². The summed E-state index contributed by atoms with van der Waals surface area (Å²) in [6.07, 6.45) is -0.732. The molecular formula is C16H16BrNO2. The van der Waals surface area contributed by atoms with Gasteiger partial charge in [-0.15, -0.1) is 0 Å². The molecule has 0 saturated carbocycles. The molecule has 0 spiro atoms. The van der Waals surface area contributed by atoms with Gasteiger partial charge in [-0.05, 0) is 23.3 Å². The first-order valence-corrected chi connectivity index (χ1v) is 7.39. The highest BCUT2D eigenvalue weighted by Crippen LogP contribution is 2.28. The fourth-order valence-corrected chi connectivity index (χ4v) is 2.83. The zero-order valence-corrected chi connectivity index (χ0v) is 12.5. The van der Waals surface area contributed by atoms with Crippen molar-refractivity contribution in [1.82, 2.24) is 5.32 Å². The van der Waals surface area contributed by atoms with Crippen LogP contribution < -0.4 is 5.32 Å². The summed E-state index contributed by atoms with van der Waals surface area (Å²) in [7, 11) is 0. The van der Waals surface area contributed by atoms with Gasteiger partial charge >= 0.3 is 0 Å². The number of rotatable bonds is 3. The molecule has 3 rings (SSSR count). The first-order valence-electron chi connectivity index (χ1n) is 6.60. The van der Waals surface area contributed by atoms with Gasteiger partial charge in [0.2, 0.25) is 0 Å². The Kier molecular flexibility index (Phi) is 4.17. The molecular weight excluding hydrogens is 318 g/mol. The Morgan fingerprint density at radius 3 is 2.70 bits per heavy atom. The van der Waals surface area contributed by atoms with Crippen molar-refractivity contribution in [2.75, 3.05) is 6.61 Å². The Bertz CT molecular complexity index is 576. The number of aliphatic hydroxyl groups is 1. The van der Waals surface area contributed by atoms with Crippen molar-refractivity contribution in [2.24, 2.45) is 0 Å². The molecule has 0 radical (unpaired) electrons. The molecule has 3 nitrogen and oxygen atoms in total. The Morgan fingerprint density at radius 1 is 1.15 bits per heavy atom. The summed E-state index contributed by atoms with van der Waals surface area (Å²) in [6.45, 7) is 0.493. The van der Waals surface area contributed by atoms with E-state index in [-0.39, 0.29) is 12.3 Å². The Morgan fingerprint density at radius 2 is 1.95 bits per heavy atom. The van der Waals surface area contributed by atoms with Crippen LogP contribution >= 0.6 is 15.9 Å². The van der Waals surface area contributed by atoms with E-state index in [1.54, 1.807) is 0 Å². The van der Waals surface area contributed by atoms with E-state index in [1.165, 1.54) is 0 Å².